The standard InChI is InChI=1S/C25H21N5OS/c1-2-6-17(7-3-1)23-27-28-24-21-15-10-12-16(13-11-15)22(21)25(29-30(23)24)31-14-20-26-18-8-4-5-9-19(18)32-20/h1-9,15-16H,10-14H2. The Labute approximate surface area is 188 Å². The number of thiazole rings is 1. The summed E-state index contributed by atoms with van der Waals surface area (Å²) < 4.78 is 9.47. The third-order valence-electron chi connectivity index (χ3n) is 6.84. The van der Waals surface area contributed by atoms with Crippen molar-refractivity contribution in [2.45, 2.75) is 44.1 Å². The molecule has 0 amide bonds. The van der Waals surface area contributed by atoms with Gasteiger partial charge in [0.15, 0.2) is 11.5 Å². The van der Waals surface area contributed by atoms with E-state index in [-0.39, 0.29) is 0 Å². The second kappa shape index (κ2) is 7.10. The highest BCUT2D eigenvalue weighted by Crippen LogP contribution is 2.53. The Morgan fingerprint density at radius 1 is 0.875 bits per heavy atom. The van der Waals surface area contributed by atoms with Gasteiger partial charge in [0, 0.05) is 16.7 Å². The van der Waals surface area contributed by atoms with Crippen LogP contribution in [0.1, 0.15) is 53.7 Å². The largest absolute Gasteiger partial charge is 0.469 e. The summed E-state index contributed by atoms with van der Waals surface area (Å²) >= 11 is 1.68. The van der Waals surface area contributed by atoms with Gasteiger partial charge in [0.25, 0.3) is 0 Å². The summed E-state index contributed by atoms with van der Waals surface area (Å²) in [7, 11) is 0. The van der Waals surface area contributed by atoms with Crippen molar-refractivity contribution in [2.75, 3.05) is 0 Å². The van der Waals surface area contributed by atoms with E-state index in [2.05, 4.69) is 16.3 Å². The summed E-state index contributed by atoms with van der Waals surface area (Å²) in [4.78, 5) is 4.74. The second-order valence-corrected chi connectivity index (χ2v) is 9.79. The van der Waals surface area contributed by atoms with E-state index in [1.807, 2.05) is 53.0 Å². The van der Waals surface area contributed by atoms with Crippen molar-refractivity contribution in [3.8, 4) is 17.3 Å². The van der Waals surface area contributed by atoms with Gasteiger partial charge in [0.2, 0.25) is 5.88 Å². The van der Waals surface area contributed by atoms with Crippen LogP contribution in [0.5, 0.6) is 5.88 Å². The fourth-order valence-corrected chi connectivity index (χ4v) is 6.26. The highest BCUT2D eigenvalue weighted by atomic mass is 32.1. The molecule has 0 spiro atoms. The minimum Gasteiger partial charge on any atom is -0.469 e. The Morgan fingerprint density at radius 2 is 1.62 bits per heavy atom. The Kier molecular flexibility index (Phi) is 4.05. The van der Waals surface area contributed by atoms with Gasteiger partial charge < -0.3 is 4.74 Å². The van der Waals surface area contributed by atoms with Crippen LogP contribution in [0.4, 0.5) is 0 Å². The maximum absolute atomic E-state index is 6.40. The van der Waals surface area contributed by atoms with Crippen molar-refractivity contribution >= 4 is 27.2 Å². The molecule has 0 aliphatic heterocycles. The van der Waals surface area contributed by atoms with E-state index in [0.29, 0.717) is 18.4 Å². The van der Waals surface area contributed by atoms with E-state index in [0.717, 1.165) is 33.4 Å². The Bertz CT molecular complexity index is 1420. The Balaban J connectivity index is 1.36. The van der Waals surface area contributed by atoms with Crippen LogP contribution in [-0.4, -0.2) is 24.8 Å². The molecular weight excluding hydrogens is 418 g/mol. The summed E-state index contributed by atoms with van der Waals surface area (Å²) in [5.74, 6) is 2.49. The predicted molar refractivity (Wildman–Crippen MR) is 124 cm³/mol. The van der Waals surface area contributed by atoms with Crippen LogP contribution in [-0.2, 0) is 6.61 Å². The number of benzene rings is 2. The van der Waals surface area contributed by atoms with E-state index in [1.54, 1.807) is 11.3 Å². The first-order chi connectivity index (χ1) is 15.8. The van der Waals surface area contributed by atoms with Crippen molar-refractivity contribution in [1.29, 1.82) is 0 Å². The quantitative estimate of drug-likeness (QED) is 0.358. The van der Waals surface area contributed by atoms with Crippen molar-refractivity contribution in [1.82, 2.24) is 24.8 Å². The van der Waals surface area contributed by atoms with Crippen LogP contribution in [0, 0.1) is 0 Å². The summed E-state index contributed by atoms with van der Waals surface area (Å²) in [5.41, 5.74) is 5.47. The smallest absolute Gasteiger partial charge is 0.236 e. The molecule has 1 fully saturated rings. The summed E-state index contributed by atoms with van der Waals surface area (Å²) in [5, 5.41) is 15.1. The lowest BCUT2D eigenvalue weighted by atomic mass is 9.67. The van der Waals surface area contributed by atoms with Crippen LogP contribution in [0.2, 0.25) is 0 Å². The average molecular weight is 440 g/mol. The molecule has 32 heavy (non-hydrogen) atoms. The number of ether oxygens (including phenoxy) is 1. The van der Waals surface area contributed by atoms with Crippen LogP contribution < -0.4 is 4.74 Å². The number of para-hydroxylation sites is 1. The number of hydrogen-bond acceptors (Lipinski definition) is 6. The van der Waals surface area contributed by atoms with Crippen molar-refractivity contribution in [3.63, 3.8) is 0 Å². The molecular formula is C25H21N5OS. The van der Waals surface area contributed by atoms with Gasteiger partial charge in [-0.25, -0.2) is 4.98 Å². The number of nitrogens with zero attached hydrogens (tertiary/aromatic N) is 5. The minimum absolute atomic E-state index is 0.421. The molecule has 6 nitrogen and oxygen atoms in total. The van der Waals surface area contributed by atoms with Crippen LogP contribution >= 0.6 is 11.3 Å². The van der Waals surface area contributed by atoms with Gasteiger partial charge in [-0.05, 0) is 49.7 Å². The van der Waals surface area contributed by atoms with Gasteiger partial charge in [-0.15, -0.1) is 26.6 Å². The molecule has 0 saturated heterocycles. The average Bonchev–Trinajstić information content (AvgIpc) is 3.47. The van der Waals surface area contributed by atoms with Crippen LogP contribution in [0.15, 0.2) is 54.6 Å². The zero-order valence-corrected chi connectivity index (χ0v) is 18.3. The summed E-state index contributed by atoms with van der Waals surface area (Å²) in [6.45, 7) is 0.421. The van der Waals surface area contributed by atoms with E-state index in [4.69, 9.17) is 14.8 Å². The van der Waals surface area contributed by atoms with Gasteiger partial charge in [0.05, 0.1) is 10.2 Å². The molecule has 0 atom stereocenters. The molecule has 2 aromatic carbocycles. The highest BCUT2D eigenvalue weighted by Gasteiger charge is 2.39. The molecule has 158 valence electrons. The van der Waals surface area contributed by atoms with Gasteiger partial charge >= 0.3 is 0 Å². The van der Waals surface area contributed by atoms with Crippen LogP contribution in [0.25, 0.3) is 27.3 Å². The normalized spacial score (nSPS) is 19.5. The van der Waals surface area contributed by atoms with Crippen molar-refractivity contribution in [3.05, 3.63) is 70.7 Å². The first kappa shape index (κ1) is 18.3. The molecule has 8 rings (SSSR count). The Hall–Kier alpha value is -3.32. The molecule has 3 aliphatic rings. The topological polar surface area (TPSA) is 65.2 Å². The lowest BCUT2D eigenvalue weighted by Gasteiger charge is -2.38. The van der Waals surface area contributed by atoms with E-state index < -0.39 is 0 Å². The molecule has 3 aromatic heterocycles. The highest BCUT2D eigenvalue weighted by molar-refractivity contribution is 7.18. The first-order valence-electron chi connectivity index (χ1n) is 11.2. The van der Waals surface area contributed by atoms with E-state index >= 15 is 0 Å². The number of aromatic nitrogens is 5. The molecule has 2 bridgehead atoms. The molecule has 0 N–H and O–H groups in total. The van der Waals surface area contributed by atoms with Gasteiger partial charge in [0.1, 0.15) is 11.6 Å². The van der Waals surface area contributed by atoms with Gasteiger partial charge in [-0.2, -0.15) is 4.52 Å². The molecule has 3 aliphatic carbocycles. The molecule has 0 radical (unpaired) electrons. The molecule has 0 unspecified atom stereocenters. The maximum atomic E-state index is 6.40. The van der Waals surface area contributed by atoms with E-state index in [9.17, 15) is 0 Å². The minimum atomic E-state index is 0.421. The van der Waals surface area contributed by atoms with Crippen molar-refractivity contribution < 1.29 is 4.74 Å². The SMILES string of the molecule is c1ccc(-c2nnc3c4c(c(OCc5nc6ccccc6s5)nn23)C2CCC4CC2)cc1. The molecule has 7 heteroatoms. The van der Waals surface area contributed by atoms with E-state index in [1.165, 1.54) is 41.5 Å². The lowest BCUT2D eigenvalue weighted by Crippen LogP contribution is -2.25. The third kappa shape index (κ3) is 2.77. The summed E-state index contributed by atoms with van der Waals surface area (Å²) in [6, 6.07) is 18.3. The van der Waals surface area contributed by atoms with Crippen molar-refractivity contribution in [2.24, 2.45) is 0 Å². The predicted octanol–water partition coefficient (Wildman–Crippen LogP) is 5.73. The fourth-order valence-electron chi connectivity index (χ4n) is 5.38. The second-order valence-electron chi connectivity index (χ2n) is 8.67. The first-order valence-corrected chi connectivity index (χ1v) is 12.0. The number of fused-ring (bicyclic) bond motifs is 4. The zero-order valence-electron chi connectivity index (χ0n) is 17.4. The molecule has 3 heterocycles. The van der Waals surface area contributed by atoms with Gasteiger partial charge in [-0.3, -0.25) is 0 Å². The Morgan fingerprint density at radius 3 is 2.44 bits per heavy atom. The number of hydrogen-bond donors (Lipinski definition) is 0. The molecule has 1 saturated carbocycles. The fraction of sp³-hybridized carbons (Fsp3) is 0.280. The number of rotatable bonds is 4. The molecule has 5 aromatic rings. The lowest BCUT2D eigenvalue weighted by molar-refractivity contribution is 0.268. The third-order valence-corrected chi connectivity index (χ3v) is 7.85. The monoisotopic (exact) mass is 439 g/mol. The summed E-state index contributed by atoms with van der Waals surface area (Å²) in [6.07, 6.45) is 4.82. The van der Waals surface area contributed by atoms with Gasteiger partial charge in [-0.1, -0.05) is 42.5 Å². The zero-order chi connectivity index (χ0) is 21.1. The van der Waals surface area contributed by atoms with Crippen LogP contribution in [0.3, 0.4) is 0 Å². The maximum Gasteiger partial charge on any atom is 0.236 e.